The van der Waals surface area contributed by atoms with Crippen molar-refractivity contribution in [1.82, 2.24) is 11.1 Å². The number of rotatable bonds is 4. The van der Waals surface area contributed by atoms with Gasteiger partial charge in [-0.05, 0) is 33.5 Å². The van der Waals surface area contributed by atoms with Crippen LogP contribution in [0.2, 0.25) is 0 Å². The first-order chi connectivity index (χ1) is 4.13. The van der Waals surface area contributed by atoms with E-state index in [2.05, 4.69) is 0 Å². The van der Waals surface area contributed by atoms with E-state index in [1.807, 2.05) is 19.0 Å². The number of nitrogens with zero attached hydrogens (tertiary/aromatic N) is 1. The molecule has 5 heteroatoms. The highest BCUT2D eigenvalue weighted by molar-refractivity contribution is 5.85. The first kappa shape index (κ1) is 17.3. The molecule has 0 saturated carbocycles. The van der Waals surface area contributed by atoms with Crippen LogP contribution < -0.4 is 6.15 Å². The third-order valence-electron chi connectivity index (χ3n) is 1.07. The molecule has 5 N–H and O–H groups in total. The molecule has 0 atom stereocenters. The lowest BCUT2D eigenvalue weighted by Crippen LogP contribution is -2.15. The van der Waals surface area contributed by atoms with Crippen molar-refractivity contribution in [2.45, 2.75) is 19.1 Å². The molecule has 0 aliphatic heterocycles. The highest BCUT2D eigenvalue weighted by atomic mass is 35.5. The van der Waals surface area contributed by atoms with Gasteiger partial charge < -0.3 is 21.3 Å². The summed E-state index contributed by atoms with van der Waals surface area (Å²) < 4.78 is 0. The van der Waals surface area contributed by atoms with Crippen LogP contribution in [0.4, 0.5) is 0 Å². The SMILES string of the molecule is CN(C)CCCC(O)O.Cl.N. The molecule has 0 aliphatic rings. The van der Waals surface area contributed by atoms with Crippen LogP contribution in [0.5, 0.6) is 0 Å². The normalized spacial score (nSPS) is 9.27. The van der Waals surface area contributed by atoms with Crippen molar-refractivity contribution in [3.8, 4) is 0 Å². The Morgan fingerprint density at radius 1 is 1.27 bits per heavy atom. The fourth-order valence-electron chi connectivity index (χ4n) is 0.590. The molecule has 0 amide bonds. The van der Waals surface area contributed by atoms with Crippen molar-refractivity contribution in [3.63, 3.8) is 0 Å². The highest BCUT2D eigenvalue weighted by Gasteiger charge is 1.96. The topological polar surface area (TPSA) is 78.7 Å². The van der Waals surface area contributed by atoms with Gasteiger partial charge in [-0.2, -0.15) is 0 Å². The molecule has 0 unspecified atom stereocenters. The van der Waals surface area contributed by atoms with Gasteiger partial charge >= 0.3 is 0 Å². The zero-order valence-electron chi connectivity index (χ0n) is 7.16. The molecule has 0 bridgehead atoms. The van der Waals surface area contributed by atoms with E-state index in [1.165, 1.54) is 0 Å². The second-order valence-electron chi connectivity index (χ2n) is 2.43. The zero-order chi connectivity index (χ0) is 7.28. The molecular formula is C6H19ClN2O2. The van der Waals surface area contributed by atoms with Crippen LogP contribution in [0.15, 0.2) is 0 Å². The van der Waals surface area contributed by atoms with Crippen molar-refractivity contribution in [1.29, 1.82) is 0 Å². The second kappa shape index (κ2) is 10.1. The monoisotopic (exact) mass is 186 g/mol. The maximum absolute atomic E-state index is 8.40. The molecule has 0 aliphatic carbocycles. The number of aliphatic hydroxyl groups excluding tert-OH is 1. The van der Waals surface area contributed by atoms with Crippen LogP contribution in [-0.2, 0) is 0 Å². The van der Waals surface area contributed by atoms with Crippen LogP contribution in [-0.4, -0.2) is 42.0 Å². The predicted octanol–water partition coefficient (Wildman–Crippen LogP) is 0.223. The largest absolute Gasteiger partial charge is 0.368 e. The van der Waals surface area contributed by atoms with Gasteiger partial charge in [-0.3, -0.25) is 0 Å². The molecule has 0 saturated heterocycles. The molecule has 0 aromatic carbocycles. The third kappa shape index (κ3) is 17.8. The zero-order valence-corrected chi connectivity index (χ0v) is 7.97. The summed E-state index contributed by atoms with van der Waals surface area (Å²) in [6.45, 7) is 0.914. The van der Waals surface area contributed by atoms with Crippen molar-refractivity contribution in [2.75, 3.05) is 20.6 Å². The summed E-state index contributed by atoms with van der Waals surface area (Å²) in [5.74, 6) is 0. The number of halogens is 1. The first-order valence-electron chi connectivity index (χ1n) is 3.14. The van der Waals surface area contributed by atoms with Crippen LogP contribution in [0.3, 0.4) is 0 Å². The average molecular weight is 187 g/mol. The van der Waals surface area contributed by atoms with Crippen molar-refractivity contribution in [2.24, 2.45) is 0 Å². The van der Waals surface area contributed by atoms with E-state index in [0.29, 0.717) is 6.42 Å². The first-order valence-corrected chi connectivity index (χ1v) is 3.14. The summed E-state index contributed by atoms with van der Waals surface area (Å²) in [4.78, 5) is 2.02. The van der Waals surface area contributed by atoms with Gasteiger partial charge in [0.05, 0.1) is 0 Å². The third-order valence-corrected chi connectivity index (χ3v) is 1.07. The Balaban J connectivity index is -0.000000320. The maximum Gasteiger partial charge on any atom is 0.151 e. The van der Waals surface area contributed by atoms with Gasteiger partial charge in [-0.25, -0.2) is 0 Å². The smallest absolute Gasteiger partial charge is 0.151 e. The lowest BCUT2D eigenvalue weighted by molar-refractivity contribution is -0.0470. The standard InChI is InChI=1S/C6H15NO2.ClH.H3N/c1-7(2)5-3-4-6(8)9;;/h6,8-9H,3-5H2,1-2H3;1H;1H3. The van der Waals surface area contributed by atoms with Gasteiger partial charge in [0.2, 0.25) is 0 Å². The van der Waals surface area contributed by atoms with Crippen LogP contribution in [0.25, 0.3) is 0 Å². The van der Waals surface area contributed by atoms with E-state index < -0.39 is 6.29 Å². The minimum Gasteiger partial charge on any atom is -0.368 e. The van der Waals surface area contributed by atoms with Gasteiger partial charge in [0.25, 0.3) is 0 Å². The summed E-state index contributed by atoms with van der Waals surface area (Å²) in [6.07, 6.45) is 0.174. The van der Waals surface area contributed by atoms with E-state index >= 15 is 0 Å². The second-order valence-corrected chi connectivity index (χ2v) is 2.43. The number of hydrogen-bond donors (Lipinski definition) is 3. The highest BCUT2D eigenvalue weighted by Crippen LogP contribution is 1.93. The summed E-state index contributed by atoms with van der Waals surface area (Å²) in [5, 5.41) is 16.8. The fraction of sp³-hybridized carbons (Fsp3) is 1.00. The van der Waals surface area contributed by atoms with E-state index in [-0.39, 0.29) is 18.6 Å². The number of aliphatic hydroxyl groups is 2. The predicted molar refractivity (Wildman–Crippen MR) is 48.3 cm³/mol. The summed E-state index contributed by atoms with van der Waals surface area (Å²) in [7, 11) is 3.92. The Morgan fingerprint density at radius 3 is 2.00 bits per heavy atom. The molecule has 0 aromatic heterocycles. The number of hydrogen-bond acceptors (Lipinski definition) is 4. The molecule has 11 heavy (non-hydrogen) atoms. The van der Waals surface area contributed by atoms with E-state index in [1.54, 1.807) is 0 Å². The molecule has 72 valence electrons. The van der Waals surface area contributed by atoms with Crippen LogP contribution >= 0.6 is 12.4 Å². The molecule has 4 nitrogen and oxygen atoms in total. The van der Waals surface area contributed by atoms with E-state index in [0.717, 1.165) is 13.0 Å². The molecule has 0 radical (unpaired) electrons. The molecule has 0 rings (SSSR count). The minimum atomic E-state index is -1.13. The van der Waals surface area contributed by atoms with Crippen molar-refractivity contribution >= 4 is 12.4 Å². The fourth-order valence-corrected chi connectivity index (χ4v) is 0.590. The minimum absolute atomic E-state index is 0. The summed E-state index contributed by atoms with van der Waals surface area (Å²) >= 11 is 0. The van der Waals surface area contributed by atoms with Crippen LogP contribution in [0, 0.1) is 0 Å². The van der Waals surface area contributed by atoms with Gasteiger partial charge in [-0.15, -0.1) is 12.4 Å². The molecular weight excluding hydrogens is 168 g/mol. The Morgan fingerprint density at radius 2 is 1.73 bits per heavy atom. The van der Waals surface area contributed by atoms with Gasteiger partial charge in [-0.1, -0.05) is 0 Å². The summed E-state index contributed by atoms with van der Waals surface area (Å²) in [6, 6.07) is 0. The molecule has 0 spiro atoms. The van der Waals surface area contributed by atoms with Gasteiger partial charge in [0.15, 0.2) is 6.29 Å². The molecule has 0 heterocycles. The lowest BCUT2D eigenvalue weighted by atomic mass is 10.3. The quantitative estimate of drug-likeness (QED) is 0.549. The van der Waals surface area contributed by atoms with E-state index in [9.17, 15) is 0 Å². The molecule has 0 aromatic rings. The van der Waals surface area contributed by atoms with Crippen LogP contribution in [0.1, 0.15) is 12.8 Å². The van der Waals surface area contributed by atoms with Crippen molar-refractivity contribution in [3.05, 3.63) is 0 Å². The average Bonchev–Trinajstić information content (AvgIpc) is 1.63. The lowest BCUT2D eigenvalue weighted by Gasteiger charge is -2.08. The summed E-state index contributed by atoms with van der Waals surface area (Å²) in [5.41, 5.74) is 0. The van der Waals surface area contributed by atoms with E-state index in [4.69, 9.17) is 10.2 Å². The van der Waals surface area contributed by atoms with Gasteiger partial charge in [0.1, 0.15) is 0 Å². The Bertz CT molecular complexity index is 63.6. The Kier molecular flexibility index (Phi) is 15.9. The Labute approximate surface area is 74.2 Å². The van der Waals surface area contributed by atoms with Crippen molar-refractivity contribution < 1.29 is 10.2 Å². The maximum atomic E-state index is 8.40. The Hall–Kier alpha value is 0.130. The molecule has 0 fully saturated rings. The van der Waals surface area contributed by atoms with Gasteiger partial charge in [0, 0.05) is 0 Å².